The Morgan fingerprint density at radius 1 is 1.41 bits per heavy atom. The van der Waals surface area contributed by atoms with Gasteiger partial charge in [0, 0.05) is 12.6 Å². The van der Waals surface area contributed by atoms with E-state index in [9.17, 15) is 12.8 Å². The van der Waals surface area contributed by atoms with Crippen molar-refractivity contribution < 1.29 is 12.8 Å². The van der Waals surface area contributed by atoms with Crippen LogP contribution in [0.5, 0.6) is 0 Å². The fourth-order valence-electron chi connectivity index (χ4n) is 1.84. The third kappa shape index (κ3) is 3.16. The van der Waals surface area contributed by atoms with Crippen LogP contribution in [0.2, 0.25) is 0 Å². The molecule has 0 spiro atoms. The lowest BCUT2D eigenvalue weighted by Gasteiger charge is -2.24. The Balaban J connectivity index is 0.00000144. The van der Waals surface area contributed by atoms with Crippen LogP contribution in [-0.4, -0.2) is 21.1 Å². The van der Waals surface area contributed by atoms with E-state index in [4.69, 9.17) is 5.14 Å². The Morgan fingerprint density at radius 2 is 2.12 bits per heavy atom. The molecule has 7 heteroatoms. The Kier molecular flexibility index (Phi) is 4.48. The number of nitrogens with two attached hydrogens (primary N) is 1. The second-order valence-electron chi connectivity index (χ2n) is 3.91. The normalized spacial score (nSPS) is 19.3. The molecule has 0 amide bonds. The third-order valence-electron chi connectivity index (χ3n) is 2.74. The van der Waals surface area contributed by atoms with E-state index in [1.165, 1.54) is 6.07 Å². The van der Waals surface area contributed by atoms with Gasteiger partial charge in [0.25, 0.3) is 0 Å². The molecule has 1 atom stereocenters. The van der Waals surface area contributed by atoms with Crippen LogP contribution in [0.4, 0.5) is 4.39 Å². The zero-order valence-corrected chi connectivity index (χ0v) is 10.7. The van der Waals surface area contributed by atoms with Gasteiger partial charge in [0.05, 0.1) is 4.90 Å². The predicted molar refractivity (Wildman–Crippen MR) is 65.4 cm³/mol. The van der Waals surface area contributed by atoms with Crippen molar-refractivity contribution in [1.29, 1.82) is 0 Å². The van der Waals surface area contributed by atoms with Crippen LogP contribution in [0.3, 0.4) is 0 Å². The molecule has 0 radical (unpaired) electrons. The van der Waals surface area contributed by atoms with E-state index in [-0.39, 0.29) is 23.3 Å². The molecule has 0 bridgehead atoms. The maximum atomic E-state index is 12.5. The Hall–Kier alpha value is -0.690. The van der Waals surface area contributed by atoms with Gasteiger partial charge < -0.3 is 5.32 Å². The molecule has 3 N–H and O–H groups in total. The van der Waals surface area contributed by atoms with Gasteiger partial charge in [-0.25, -0.2) is 17.9 Å². The molecule has 1 aromatic rings. The van der Waals surface area contributed by atoms with E-state index < -0.39 is 16.7 Å². The van der Waals surface area contributed by atoms with Gasteiger partial charge in [0.15, 0.2) is 0 Å². The predicted octanol–water partition coefficient (Wildman–Crippen LogP) is 0.740. The number of sulfonamides is 1. The summed E-state index contributed by atoms with van der Waals surface area (Å²) in [5, 5.41) is 8.03. The smallest absolute Gasteiger partial charge is 0.238 e. The van der Waals surface area contributed by atoms with Crippen LogP contribution in [-0.2, 0) is 23.0 Å². The van der Waals surface area contributed by atoms with E-state index in [2.05, 4.69) is 5.32 Å². The van der Waals surface area contributed by atoms with Crippen molar-refractivity contribution >= 4 is 22.4 Å². The van der Waals surface area contributed by atoms with Crippen LogP contribution in [0.15, 0.2) is 23.1 Å². The molecule has 1 heterocycles. The van der Waals surface area contributed by atoms with Gasteiger partial charge in [-0.1, -0.05) is 6.07 Å². The van der Waals surface area contributed by atoms with E-state index in [0.717, 1.165) is 11.1 Å². The zero-order valence-electron chi connectivity index (χ0n) is 9.02. The summed E-state index contributed by atoms with van der Waals surface area (Å²) >= 11 is 0. The van der Waals surface area contributed by atoms with Crippen molar-refractivity contribution in [2.45, 2.75) is 23.9 Å². The first-order chi connectivity index (χ1) is 7.50. The molecule has 96 valence electrons. The van der Waals surface area contributed by atoms with E-state index >= 15 is 0 Å². The molecular formula is C10H14ClFN2O2S. The van der Waals surface area contributed by atoms with Crippen molar-refractivity contribution in [1.82, 2.24) is 5.32 Å². The molecule has 0 unspecified atom stereocenters. The molecule has 1 aliphatic rings. The fourth-order valence-corrected chi connectivity index (χ4v) is 2.41. The van der Waals surface area contributed by atoms with Crippen LogP contribution in [0, 0.1) is 0 Å². The Bertz CT molecular complexity index is 507. The van der Waals surface area contributed by atoms with Crippen molar-refractivity contribution in [3.8, 4) is 0 Å². The number of hydrogen-bond acceptors (Lipinski definition) is 3. The molecule has 0 saturated heterocycles. The minimum Gasteiger partial charge on any atom is -0.307 e. The van der Waals surface area contributed by atoms with Gasteiger partial charge >= 0.3 is 0 Å². The highest BCUT2D eigenvalue weighted by atomic mass is 35.5. The van der Waals surface area contributed by atoms with Crippen molar-refractivity contribution in [2.24, 2.45) is 5.14 Å². The number of nitrogens with one attached hydrogen (secondary N) is 1. The van der Waals surface area contributed by atoms with Gasteiger partial charge in [-0.15, -0.1) is 12.4 Å². The summed E-state index contributed by atoms with van der Waals surface area (Å²) in [6.45, 7) is 0.0592. The van der Waals surface area contributed by atoms with Gasteiger partial charge in [-0.2, -0.15) is 0 Å². The maximum absolute atomic E-state index is 12.5. The minimum absolute atomic E-state index is 0. The quantitative estimate of drug-likeness (QED) is 0.839. The minimum atomic E-state index is -3.66. The number of benzene rings is 1. The molecule has 0 aliphatic carbocycles. The highest BCUT2D eigenvalue weighted by Gasteiger charge is 2.19. The molecule has 4 nitrogen and oxygen atoms in total. The van der Waals surface area contributed by atoms with Gasteiger partial charge in [-0.05, 0) is 29.7 Å². The molecule has 17 heavy (non-hydrogen) atoms. The summed E-state index contributed by atoms with van der Waals surface area (Å²) in [5.74, 6) is 0. The SMILES string of the molecule is Cl.NS(=O)(=O)c1ccc2c(c1)CN[C@@H](CF)C2. The molecule has 2 rings (SSSR count). The molecule has 0 saturated carbocycles. The number of rotatable bonds is 2. The Morgan fingerprint density at radius 3 is 2.71 bits per heavy atom. The van der Waals surface area contributed by atoms with E-state index in [0.29, 0.717) is 13.0 Å². The number of halogens is 2. The maximum Gasteiger partial charge on any atom is 0.238 e. The van der Waals surface area contributed by atoms with Gasteiger partial charge in [-0.3, -0.25) is 0 Å². The van der Waals surface area contributed by atoms with Gasteiger partial charge in [0.2, 0.25) is 10.0 Å². The largest absolute Gasteiger partial charge is 0.307 e. The highest BCUT2D eigenvalue weighted by molar-refractivity contribution is 7.89. The second-order valence-corrected chi connectivity index (χ2v) is 5.47. The molecule has 0 fully saturated rings. The first kappa shape index (κ1) is 14.4. The van der Waals surface area contributed by atoms with E-state index in [1.807, 2.05) is 0 Å². The van der Waals surface area contributed by atoms with Crippen molar-refractivity contribution in [3.63, 3.8) is 0 Å². The third-order valence-corrected chi connectivity index (χ3v) is 3.65. The van der Waals surface area contributed by atoms with Gasteiger partial charge in [0.1, 0.15) is 6.67 Å². The highest BCUT2D eigenvalue weighted by Crippen LogP contribution is 2.20. The molecule has 1 aliphatic heterocycles. The van der Waals surface area contributed by atoms with Crippen LogP contribution >= 0.6 is 12.4 Å². The van der Waals surface area contributed by atoms with Crippen LogP contribution in [0.25, 0.3) is 0 Å². The summed E-state index contributed by atoms with van der Waals surface area (Å²) in [7, 11) is -3.66. The number of alkyl halides is 1. The summed E-state index contributed by atoms with van der Waals surface area (Å²) in [6, 6.07) is 4.55. The fraction of sp³-hybridized carbons (Fsp3) is 0.400. The topological polar surface area (TPSA) is 72.2 Å². The standard InChI is InChI=1S/C10H13FN2O2S.ClH/c11-5-9-3-7-1-2-10(16(12,14)15)4-8(7)6-13-9;/h1-2,4,9,13H,3,5-6H2,(H2,12,14,15);1H/t9-;/m1./s1. The lowest BCUT2D eigenvalue weighted by atomic mass is 9.96. The zero-order chi connectivity index (χ0) is 11.8. The summed E-state index contributed by atoms with van der Waals surface area (Å²) in [5.41, 5.74) is 1.85. The lowest BCUT2D eigenvalue weighted by molar-refractivity contribution is 0.358. The average molecular weight is 281 g/mol. The number of hydrogen-bond donors (Lipinski definition) is 2. The second kappa shape index (κ2) is 5.30. The number of primary sulfonamides is 1. The van der Waals surface area contributed by atoms with Crippen LogP contribution in [0.1, 0.15) is 11.1 Å². The monoisotopic (exact) mass is 280 g/mol. The Labute approximate surface area is 106 Å². The summed E-state index contributed by atoms with van der Waals surface area (Å²) < 4.78 is 34.7. The molecule has 1 aromatic carbocycles. The van der Waals surface area contributed by atoms with Crippen LogP contribution < -0.4 is 10.5 Å². The van der Waals surface area contributed by atoms with Crippen molar-refractivity contribution in [3.05, 3.63) is 29.3 Å². The van der Waals surface area contributed by atoms with Crippen molar-refractivity contribution in [2.75, 3.05) is 6.67 Å². The average Bonchev–Trinajstić information content (AvgIpc) is 2.26. The lowest BCUT2D eigenvalue weighted by Crippen LogP contribution is -2.37. The summed E-state index contributed by atoms with van der Waals surface area (Å²) in [6.07, 6.45) is 0.580. The summed E-state index contributed by atoms with van der Waals surface area (Å²) in [4.78, 5) is 0.103. The first-order valence-electron chi connectivity index (χ1n) is 4.94. The molecule has 0 aromatic heterocycles. The van der Waals surface area contributed by atoms with E-state index in [1.54, 1.807) is 12.1 Å². The number of fused-ring (bicyclic) bond motifs is 1. The first-order valence-corrected chi connectivity index (χ1v) is 6.49. The molecular weight excluding hydrogens is 267 g/mol.